The van der Waals surface area contributed by atoms with Crippen molar-refractivity contribution in [1.82, 2.24) is 0 Å². The third-order valence-electron chi connectivity index (χ3n) is 3.77. The van der Waals surface area contributed by atoms with Crippen molar-refractivity contribution < 1.29 is 0 Å². The SMILES string of the molecule is C=CC(C)(CCc1ccccc1)Cc1ccccc1. The first-order valence-electron chi connectivity index (χ1n) is 6.93. The fraction of sp³-hybridized carbons (Fsp3) is 0.263. The summed E-state index contributed by atoms with van der Waals surface area (Å²) >= 11 is 0. The van der Waals surface area contributed by atoms with Crippen LogP contribution in [0.1, 0.15) is 24.5 Å². The minimum atomic E-state index is 0.164. The summed E-state index contributed by atoms with van der Waals surface area (Å²) in [4.78, 5) is 0. The molecule has 2 aromatic carbocycles. The lowest BCUT2D eigenvalue weighted by Gasteiger charge is -2.26. The van der Waals surface area contributed by atoms with Gasteiger partial charge in [0, 0.05) is 0 Å². The van der Waals surface area contributed by atoms with Crippen LogP contribution in [0.4, 0.5) is 0 Å². The fourth-order valence-corrected chi connectivity index (χ4v) is 2.40. The van der Waals surface area contributed by atoms with Gasteiger partial charge in [0.1, 0.15) is 0 Å². The van der Waals surface area contributed by atoms with Gasteiger partial charge in [-0.3, -0.25) is 0 Å². The molecule has 0 aromatic heterocycles. The summed E-state index contributed by atoms with van der Waals surface area (Å²) in [5.74, 6) is 0. The molecule has 98 valence electrons. The Balaban J connectivity index is 2.00. The van der Waals surface area contributed by atoms with Crippen molar-refractivity contribution >= 4 is 0 Å². The first-order chi connectivity index (χ1) is 9.22. The molecule has 0 fully saturated rings. The van der Waals surface area contributed by atoms with E-state index in [4.69, 9.17) is 0 Å². The molecule has 19 heavy (non-hydrogen) atoms. The van der Waals surface area contributed by atoms with Crippen molar-refractivity contribution in [1.29, 1.82) is 0 Å². The van der Waals surface area contributed by atoms with E-state index >= 15 is 0 Å². The molecule has 0 N–H and O–H groups in total. The van der Waals surface area contributed by atoms with E-state index in [9.17, 15) is 0 Å². The quantitative estimate of drug-likeness (QED) is 0.629. The predicted molar refractivity (Wildman–Crippen MR) is 83.2 cm³/mol. The summed E-state index contributed by atoms with van der Waals surface area (Å²) in [5, 5.41) is 0. The number of benzene rings is 2. The third-order valence-corrected chi connectivity index (χ3v) is 3.77. The zero-order valence-corrected chi connectivity index (χ0v) is 11.7. The second-order valence-corrected chi connectivity index (χ2v) is 5.51. The number of hydrogen-bond donors (Lipinski definition) is 0. The standard InChI is InChI=1S/C19H22/c1-3-19(2,16-18-12-8-5-9-13-18)15-14-17-10-6-4-7-11-17/h3-13H,1,14-16H2,2H3. The van der Waals surface area contributed by atoms with Crippen LogP contribution in [-0.4, -0.2) is 0 Å². The van der Waals surface area contributed by atoms with E-state index in [-0.39, 0.29) is 5.41 Å². The van der Waals surface area contributed by atoms with Crippen LogP contribution >= 0.6 is 0 Å². The Bertz CT molecular complexity index is 498. The van der Waals surface area contributed by atoms with Crippen LogP contribution in [0.2, 0.25) is 0 Å². The first-order valence-corrected chi connectivity index (χ1v) is 6.93. The summed E-state index contributed by atoms with van der Waals surface area (Å²) in [6.45, 7) is 6.34. The van der Waals surface area contributed by atoms with Crippen LogP contribution in [0.25, 0.3) is 0 Å². The lowest BCUT2D eigenvalue weighted by molar-refractivity contribution is 0.390. The highest BCUT2D eigenvalue weighted by Gasteiger charge is 2.20. The molecule has 2 aromatic rings. The molecular formula is C19H22. The van der Waals surface area contributed by atoms with Gasteiger partial charge >= 0.3 is 0 Å². The molecule has 0 aliphatic rings. The van der Waals surface area contributed by atoms with E-state index in [2.05, 4.69) is 80.2 Å². The maximum atomic E-state index is 4.04. The first kappa shape index (κ1) is 13.6. The molecule has 0 heterocycles. The molecule has 0 heteroatoms. The number of allylic oxidation sites excluding steroid dienone is 1. The molecule has 0 aliphatic heterocycles. The summed E-state index contributed by atoms with van der Waals surface area (Å²) in [5.41, 5.74) is 2.96. The van der Waals surface area contributed by atoms with Gasteiger partial charge in [-0.2, -0.15) is 0 Å². The van der Waals surface area contributed by atoms with Crippen LogP contribution in [0.15, 0.2) is 73.3 Å². The van der Waals surface area contributed by atoms with Crippen LogP contribution in [0, 0.1) is 5.41 Å². The highest BCUT2D eigenvalue weighted by molar-refractivity contribution is 5.19. The van der Waals surface area contributed by atoms with E-state index in [0.29, 0.717) is 0 Å². The third kappa shape index (κ3) is 4.10. The van der Waals surface area contributed by atoms with E-state index in [1.54, 1.807) is 0 Å². The second kappa shape index (κ2) is 6.38. The Kier molecular flexibility index (Phi) is 4.57. The van der Waals surface area contributed by atoms with Gasteiger partial charge in [-0.05, 0) is 35.8 Å². The van der Waals surface area contributed by atoms with Crippen molar-refractivity contribution in [3.63, 3.8) is 0 Å². The van der Waals surface area contributed by atoms with E-state index in [1.807, 2.05) is 0 Å². The Morgan fingerprint density at radius 3 is 1.95 bits per heavy atom. The van der Waals surface area contributed by atoms with Gasteiger partial charge in [0.2, 0.25) is 0 Å². The molecule has 0 radical (unpaired) electrons. The normalized spacial score (nSPS) is 13.7. The molecule has 0 amide bonds. The van der Waals surface area contributed by atoms with Crippen LogP contribution in [0.3, 0.4) is 0 Å². The van der Waals surface area contributed by atoms with Gasteiger partial charge < -0.3 is 0 Å². The Morgan fingerprint density at radius 1 is 0.895 bits per heavy atom. The smallest absolute Gasteiger partial charge is 0.0106 e. The molecular weight excluding hydrogens is 228 g/mol. The topological polar surface area (TPSA) is 0 Å². The van der Waals surface area contributed by atoms with Crippen molar-refractivity contribution in [2.24, 2.45) is 5.41 Å². The second-order valence-electron chi connectivity index (χ2n) is 5.51. The molecule has 1 unspecified atom stereocenters. The van der Waals surface area contributed by atoms with Gasteiger partial charge in [-0.1, -0.05) is 73.7 Å². The van der Waals surface area contributed by atoms with Crippen LogP contribution in [0.5, 0.6) is 0 Å². The zero-order valence-electron chi connectivity index (χ0n) is 11.7. The average molecular weight is 250 g/mol. The molecule has 1 atom stereocenters. The van der Waals surface area contributed by atoms with Crippen LogP contribution in [-0.2, 0) is 12.8 Å². The van der Waals surface area contributed by atoms with Gasteiger partial charge in [-0.15, -0.1) is 6.58 Å². The number of hydrogen-bond acceptors (Lipinski definition) is 0. The summed E-state index contributed by atoms with van der Waals surface area (Å²) in [6, 6.07) is 21.4. The minimum absolute atomic E-state index is 0.164. The molecule has 0 spiro atoms. The maximum Gasteiger partial charge on any atom is -0.0106 e. The number of rotatable bonds is 6. The lowest BCUT2D eigenvalue weighted by Crippen LogP contribution is -2.17. The van der Waals surface area contributed by atoms with Crippen molar-refractivity contribution in [3.8, 4) is 0 Å². The van der Waals surface area contributed by atoms with Crippen molar-refractivity contribution in [2.45, 2.75) is 26.2 Å². The highest BCUT2D eigenvalue weighted by Crippen LogP contribution is 2.29. The summed E-state index contributed by atoms with van der Waals surface area (Å²) in [7, 11) is 0. The fourth-order valence-electron chi connectivity index (χ4n) is 2.40. The minimum Gasteiger partial charge on any atom is -0.103 e. The van der Waals surface area contributed by atoms with E-state index in [1.165, 1.54) is 11.1 Å². The monoisotopic (exact) mass is 250 g/mol. The van der Waals surface area contributed by atoms with E-state index < -0.39 is 0 Å². The predicted octanol–water partition coefficient (Wildman–Crippen LogP) is 5.05. The Labute approximate surface area is 116 Å². The van der Waals surface area contributed by atoms with Crippen molar-refractivity contribution in [3.05, 3.63) is 84.4 Å². The van der Waals surface area contributed by atoms with Gasteiger partial charge in [0.15, 0.2) is 0 Å². The van der Waals surface area contributed by atoms with Gasteiger partial charge in [-0.25, -0.2) is 0 Å². The summed E-state index contributed by atoms with van der Waals surface area (Å²) < 4.78 is 0. The Morgan fingerprint density at radius 2 is 1.42 bits per heavy atom. The molecule has 2 rings (SSSR count). The maximum absolute atomic E-state index is 4.04. The Hall–Kier alpha value is -1.82. The number of aryl methyl sites for hydroxylation is 1. The van der Waals surface area contributed by atoms with Gasteiger partial charge in [0.25, 0.3) is 0 Å². The molecule has 0 bridgehead atoms. The highest BCUT2D eigenvalue weighted by atomic mass is 14.2. The van der Waals surface area contributed by atoms with Gasteiger partial charge in [0.05, 0.1) is 0 Å². The van der Waals surface area contributed by atoms with Crippen molar-refractivity contribution in [2.75, 3.05) is 0 Å². The average Bonchev–Trinajstić information content (AvgIpc) is 2.47. The molecule has 0 saturated carbocycles. The molecule has 0 saturated heterocycles. The largest absolute Gasteiger partial charge is 0.103 e. The molecule has 0 aliphatic carbocycles. The lowest BCUT2D eigenvalue weighted by atomic mass is 9.79. The van der Waals surface area contributed by atoms with Crippen LogP contribution < -0.4 is 0 Å². The zero-order chi connectivity index (χ0) is 13.6. The molecule has 0 nitrogen and oxygen atoms in total. The van der Waals surface area contributed by atoms with E-state index in [0.717, 1.165) is 19.3 Å². The summed E-state index contributed by atoms with van der Waals surface area (Å²) in [6.07, 6.45) is 5.42.